The zero-order valence-corrected chi connectivity index (χ0v) is 23.6. The fourth-order valence-electron chi connectivity index (χ4n) is 4.00. The van der Waals surface area contributed by atoms with E-state index in [1.54, 1.807) is 6.92 Å². The van der Waals surface area contributed by atoms with Gasteiger partial charge in [0.1, 0.15) is 48.5 Å². The number of ether oxygens (including phenoxy) is 1. The van der Waals surface area contributed by atoms with Crippen molar-refractivity contribution in [2.45, 2.75) is 56.3 Å². The van der Waals surface area contributed by atoms with Crippen LogP contribution < -0.4 is 10.3 Å². The van der Waals surface area contributed by atoms with Crippen LogP contribution in [-0.2, 0) is 33.8 Å². The molecule has 9 N–H and O–H groups in total. The standard InChI is InChI=1S/C20H29N7O13P2/c1-10-4-22-2-3-26(10)5-11(28)15(30)12(29)6-37-41(33,34)40-42(35,36)38-7-13-16(31)17(32)20(39-13)27-9-25-14-18(21)23-8-24-19(14)27/h2-4,8-9,11-13,15-17,20,28-32H,5-7H2,1H3,(H3-,21,23,24,33,34,35,36)/p+1/t11-,12+,13+,15-,16+,17+,20+/m0/s1. The number of phosphoric ester groups is 2. The molecule has 0 bridgehead atoms. The average Bonchev–Trinajstić information content (AvgIpc) is 3.48. The summed E-state index contributed by atoms with van der Waals surface area (Å²) in [6.45, 7) is -0.458. The molecule has 4 heterocycles. The van der Waals surface area contributed by atoms with Crippen LogP contribution in [0.1, 0.15) is 11.9 Å². The van der Waals surface area contributed by atoms with Crippen LogP contribution >= 0.6 is 15.6 Å². The first-order valence-corrected chi connectivity index (χ1v) is 15.1. The summed E-state index contributed by atoms with van der Waals surface area (Å²) in [5.74, 6) is 0.0536. The summed E-state index contributed by atoms with van der Waals surface area (Å²) in [6.07, 6.45) is -4.40. The molecule has 3 aromatic rings. The molecule has 0 aliphatic carbocycles. The third-order valence-electron chi connectivity index (χ3n) is 6.23. The van der Waals surface area contributed by atoms with Gasteiger partial charge in [0.25, 0.3) is 0 Å². The maximum Gasteiger partial charge on any atom is 0.481 e. The van der Waals surface area contributed by atoms with Crippen molar-refractivity contribution in [3.05, 3.63) is 36.9 Å². The van der Waals surface area contributed by atoms with Crippen molar-refractivity contribution in [1.29, 1.82) is 0 Å². The van der Waals surface area contributed by atoms with Crippen LogP contribution in [0.25, 0.3) is 11.2 Å². The third-order valence-corrected chi connectivity index (χ3v) is 8.84. The van der Waals surface area contributed by atoms with Gasteiger partial charge >= 0.3 is 15.6 Å². The van der Waals surface area contributed by atoms with Gasteiger partial charge in [0, 0.05) is 6.92 Å². The molecule has 1 aliphatic rings. The molecular formula is C20H30N7O13P2+. The van der Waals surface area contributed by atoms with E-state index in [2.05, 4.69) is 33.3 Å². The molecule has 0 aromatic carbocycles. The largest absolute Gasteiger partial charge is 0.481 e. The summed E-state index contributed by atoms with van der Waals surface area (Å²) in [5.41, 5.74) is 6.74. The Labute approximate surface area is 236 Å². The van der Waals surface area contributed by atoms with Crippen LogP contribution in [0.3, 0.4) is 0 Å². The van der Waals surface area contributed by atoms with Crippen molar-refractivity contribution in [3.8, 4) is 0 Å². The maximum atomic E-state index is 12.3. The highest BCUT2D eigenvalue weighted by molar-refractivity contribution is 7.61. The molecule has 3 aromatic heterocycles. The van der Waals surface area contributed by atoms with Crippen molar-refractivity contribution in [2.75, 3.05) is 18.9 Å². The molecule has 9 atom stereocenters. The molecule has 1 aliphatic heterocycles. The van der Waals surface area contributed by atoms with Crippen LogP contribution in [0.15, 0.2) is 31.2 Å². The molecule has 0 spiro atoms. The van der Waals surface area contributed by atoms with E-state index < -0.39 is 71.7 Å². The first kappa shape index (κ1) is 32.4. The number of nitrogens with zero attached hydrogens (tertiary/aromatic N) is 6. The molecule has 0 saturated carbocycles. The predicted molar refractivity (Wildman–Crippen MR) is 135 cm³/mol. The van der Waals surface area contributed by atoms with E-state index in [0.29, 0.717) is 5.69 Å². The summed E-state index contributed by atoms with van der Waals surface area (Å²) in [4.78, 5) is 35.5. The van der Waals surface area contributed by atoms with Gasteiger partial charge in [-0.2, -0.15) is 8.88 Å². The van der Waals surface area contributed by atoms with Crippen molar-refractivity contribution >= 4 is 32.6 Å². The van der Waals surface area contributed by atoms with Crippen molar-refractivity contribution in [1.82, 2.24) is 24.5 Å². The average molecular weight is 638 g/mol. The third kappa shape index (κ3) is 7.50. The zero-order chi connectivity index (χ0) is 30.8. The second-order valence-electron chi connectivity index (χ2n) is 9.23. The number of imidazole rings is 1. The number of nitrogens with two attached hydrogens (primary N) is 1. The van der Waals surface area contributed by atoms with Crippen molar-refractivity contribution in [3.63, 3.8) is 0 Å². The number of rotatable bonds is 13. The number of anilines is 1. The Balaban J connectivity index is 1.29. The topological polar surface area (TPSA) is 299 Å². The highest BCUT2D eigenvalue weighted by Gasteiger charge is 2.46. The molecule has 0 radical (unpaired) electrons. The number of phosphoric acid groups is 2. The van der Waals surface area contributed by atoms with E-state index in [1.807, 2.05) is 0 Å². The van der Waals surface area contributed by atoms with Gasteiger partial charge in [-0.1, -0.05) is 0 Å². The number of aliphatic hydroxyl groups excluding tert-OH is 5. The van der Waals surface area contributed by atoms with Crippen molar-refractivity contribution < 1.29 is 67.1 Å². The minimum atomic E-state index is -5.38. The Bertz CT molecular complexity index is 1480. The molecule has 1 fully saturated rings. The van der Waals surface area contributed by atoms with Crippen LogP contribution in [0.2, 0.25) is 0 Å². The number of hydrogen-bond donors (Lipinski definition) is 8. The number of aromatic nitrogens is 6. The van der Waals surface area contributed by atoms with Gasteiger partial charge in [-0.05, 0) is 0 Å². The molecule has 4 rings (SSSR count). The second-order valence-corrected chi connectivity index (χ2v) is 12.3. The lowest BCUT2D eigenvalue weighted by atomic mass is 10.1. The lowest BCUT2D eigenvalue weighted by Gasteiger charge is -2.23. The number of fused-ring (bicyclic) bond motifs is 1. The van der Waals surface area contributed by atoms with E-state index in [4.69, 9.17) is 10.5 Å². The summed E-state index contributed by atoms with van der Waals surface area (Å²) in [7, 11) is -10.7. The van der Waals surface area contributed by atoms with Gasteiger partial charge in [-0.3, -0.25) is 18.6 Å². The second kappa shape index (κ2) is 13.0. The SMILES string of the molecule is Cc1cncc[n+]1C[C@H](O)[C@H](O)[C@H](O)COP(=O)(O)OP(=O)(O)OC[C@H]1O[C@@H](n2cnc3c(N)ncnc32)[C@H](O)[C@@H]1O. The predicted octanol–water partition coefficient (Wildman–Crippen LogP) is -2.95. The van der Waals surface area contributed by atoms with E-state index in [-0.39, 0.29) is 23.5 Å². The maximum absolute atomic E-state index is 12.3. The molecule has 1 saturated heterocycles. The normalized spacial score (nSPS) is 26.0. The first-order chi connectivity index (χ1) is 19.7. The highest BCUT2D eigenvalue weighted by atomic mass is 31.3. The van der Waals surface area contributed by atoms with E-state index in [9.17, 15) is 44.4 Å². The minimum Gasteiger partial charge on any atom is -0.388 e. The fourth-order valence-corrected chi connectivity index (χ4v) is 6.10. The molecule has 22 heteroatoms. The van der Waals surface area contributed by atoms with Gasteiger partial charge in [0.05, 0.1) is 31.9 Å². The van der Waals surface area contributed by atoms with Crippen LogP contribution in [0, 0.1) is 6.92 Å². The summed E-state index contributed by atoms with van der Waals surface area (Å²) in [6, 6.07) is 0. The lowest BCUT2D eigenvalue weighted by molar-refractivity contribution is -0.711. The molecule has 42 heavy (non-hydrogen) atoms. The smallest absolute Gasteiger partial charge is 0.388 e. The van der Waals surface area contributed by atoms with Gasteiger partial charge < -0.3 is 45.8 Å². The van der Waals surface area contributed by atoms with Crippen LogP contribution in [0.5, 0.6) is 0 Å². The van der Waals surface area contributed by atoms with Crippen molar-refractivity contribution in [2.24, 2.45) is 0 Å². The van der Waals surface area contributed by atoms with Gasteiger partial charge in [0.15, 0.2) is 36.1 Å². The monoisotopic (exact) mass is 638 g/mol. The summed E-state index contributed by atoms with van der Waals surface area (Å²) in [5, 5.41) is 51.3. The van der Waals surface area contributed by atoms with Crippen LogP contribution in [0.4, 0.5) is 5.82 Å². The Kier molecular flexibility index (Phi) is 10.0. The number of hydrogen-bond acceptors (Lipinski definition) is 16. The zero-order valence-electron chi connectivity index (χ0n) is 21.8. The quantitative estimate of drug-likeness (QED) is 0.0685. The molecule has 20 nitrogen and oxygen atoms in total. The number of aliphatic hydroxyl groups is 5. The highest BCUT2D eigenvalue weighted by Crippen LogP contribution is 2.60. The lowest BCUT2D eigenvalue weighted by Crippen LogP contribution is -2.50. The Morgan fingerprint density at radius 3 is 2.52 bits per heavy atom. The summed E-state index contributed by atoms with van der Waals surface area (Å²) < 4.78 is 46.2. The van der Waals surface area contributed by atoms with E-state index >= 15 is 0 Å². The minimum absolute atomic E-state index is 0.0536. The Morgan fingerprint density at radius 2 is 1.81 bits per heavy atom. The Hall–Kier alpha value is -2.55. The van der Waals surface area contributed by atoms with Gasteiger partial charge in [-0.25, -0.2) is 24.1 Å². The van der Waals surface area contributed by atoms with E-state index in [0.717, 1.165) is 6.33 Å². The molecular weight excluding hydrogens is 608 g/mol. The number of aryl methyl sites for hydroxylation is 1. The number of nitrogen functional groups attached to an aromatic ring is 1. The molecule has 232 valence electrons. The molecule has 0 amide bonds. The Morgan fingerprint density at radius 1 is 1.10 bits per heavy atom. The first-order valence-electron chi connectivity index (χ1n) is 12.1. The summed E-state index contributed by atoms with van der Waals surface area (Å²) >= 11 is 0. The molecule has 2 unspecified atom stereocenters. The van der Waals surface area contributed by atoms with Gasteiger partial charge in [-0.15, -0.1) is 0 Å². The van der Waals surface area contributed by atoms with Gasteiger partial charge in [0.2, 0.25) is 0 Å². The van der Waals surface area contributed by atoms with Crippen LogP contribution in [-0.4, -0.2) is 110 Å². The fraction of sp³-hybridized carbons (Fsp3) is 0.550. The van der Waals surface area contributed by atoms with E-state index in [1.165, 1.54) is 34.1 Å².